The van der Waals surface area contributed by atoms with Crippen LogP contribution in [0.4, 0.5) is 0 Å². The second-order valence-electron chi connectivity index (χ2n) is 20.9. The number of ether oxygens (including phenoxy) is 3. The van der Waals surface area contributed by atoms with Crippen molar-refractivity contribution in [1.29, 1.82) is 0 Å². The third-order valence-corrected chi connectivity index (χ3v) is 13.7. The molecular formula is C67H118O6. The van der Waals surface area contributed by atoms with Crippen LogP contribution in [0, 0.1) is 0 Å². The Hall–Kier alpha value is -3.15. The van der Waals surface area contributed by atoms with E-state index in [0.717, 1.165) is 96.3 Å². The summed E-state index contributed by atoms with van der Waals surface area (Å²) in [5.41, 5.74) is 0. The zero-order valence-corrected chi connectivity index (χ0v) is 48.4. The first-order valence-electron chi connectivity index (χ1n) is 31.4. The SMILES string of the molecule is CC/C=C\C/C=C\C/C=C\CCCCCC(=O)OC(COC(=O)CCCCCCCCCCCCCCC)COC(=O)CCCCCCCCCCCCCCCC/C=C\C/C=C\C/C=C\CCCCCCC. The number of carbonyl (C=O) groups excluding carboxylic acids is 3. The summed E-state index contributed by atoms with van der Waals surface area (Å²) < 4.78 is 16.9. The summed E-state index contributed by atoms with van der Waals surface area (Å²) in [6.45, 7) is 6.52. The number of esters is 3. The minimum Gasteiger partial charge on any atom is -0.462 e. The first-order valence-corrected chi connectivity index (χ1v) is 31.4. The van der Waals surface area contributed by atoms with E-state index in [9.17, 15) is 14.4 Å². The van der Waals surface area contributed by atoms with Crippen molar-refractivity contribution in [2.24, 2.45) is 0 Å². The first-order chi connectivity index (χ1) is 36.0. The second kappa shape index (κ2) is 61.4. The van der Waals surface area contributed by atoms with E-state index in [1.165, 1.54) is 180 Å². The van der Waals surface area contributed by atoms with E-state index in [0.29, 0.717) is 19.3 Å². The van der Waals surface area contributed by atoms with E-state index in [2.05, 4.69) is 93.7 Å². The molecule has 0 N–H and O–H groups in total. The zero-order valence-electron chi connectivity index (χ0n) is 48.4. The maximum atomic E-state index is 12.8. The van der Waals surface area contributed by atoms with Crippen molar-refractivity contribution in [3.8, 4) is 0 Å². The van der Waals surface area contributed by atoms with Gasteiger partial charge in [0, 0.05) is 19.3 Å². The van der Waals surface area contributed by atoms with Gasteiger partial charge in [0.2, 0.25) is 0 Å². The van der Waals surface area contributed by atoms with Crippen LogP contribution in [0.5, 0.6) is 0 Å². The Kier molecular flexibility index (Phi) is 58.7. The predicted octanol–water partition coefficient (Wildman–Crippen LogP) is 21.3. The van der Waals surface area contributed by atoms with Gasteiger partial charge in [0.05, 0.1) is 0 Å². The smallest absolute Gasteiger partial charge is 0.306 e. The van der Waals surface area contributed by atoms with Crippen LogP contribution in [-0.2, 0) is 28.6 Å². The Bertz CT molecular complexity index is 1360. The zero-order chi connectivity index (χ0) is 52.9. The highest BCUT2D eigenvalue weighted by Crippen LogP contribution is 2.17. The summed E-state index contributed by atoms with van der Waals surface area (Å²) in [6, 6.07) is 0. The van der Waals surface area contributed by atoms with E-state index in [-0.39, 0.29) is 31.1 Å². The van der Waals surface area contributed by atoms with Gasteiger partial charge in [0.15, 0.2) is 6.10 Å². The monoisotopic (exact) mass is 1020 g/mol. The quantitative estimate of drug-likeness (QED) is 0.0261. The number of rotatable bonds is 57. The van der Waals surface area contributed by atoms with Crippen LogP contribution in [0.25, 0.3) is 0 Å². The molecule has 73 heavy (non-hydrogen) atoms. The molecule has 0 aromatic carbocycles. The molecule has 0 saturated heterocycles. The summed E-state index contributed by atoms with van der Waals surface area (Å²) in [5.74, 6) is -0.902. The van der Waals surface area contributed by atoms with Crippen molar-refractivity contribution in [3.63, 3.8) is 0 Å². The van der Waals surface area contributed by atoms with E-state index in [1.54, 1.807) is 0 Å². The molecule has 0 rings (SSSR count). The minimum atomic E-state index is -0.788. The third-order valence-electron chi connectivity index (χ3n) is 13.7. The Labute approximate surface area is 453 Å². The lowest BCUT2D eigenvalue weighted by Gasteiger charge is -2.18. The molecule has 0 aliphatic rings. The lowest BCUT2D eigenvalue weighted by molar-refractivity contribution is -0.167. The van der Waals surface area contributed by atoms with Gasteiger partial charge in [-0.3, -0.25) is 14.4 Å². The first kappa shape index (κ1) is 69.8. The Morgan fingerprint density at radius 3 is 0.849 bits per heavy atom. The fourth-order valence-electron chi connectivity index (χ4n) is 9.00. The molecule has 0 amide bonds. The van der Waals surface area contributed by atoms with Crippen LogP contribution in [-0.4, -0.2) is 37.2 Å². The van der Waals surface area contributed by atoms with Gasteiger partial charge in [0.25, 0.3) is 0 Å². The lowest BCUT2D eigenvalue weighted by atomic mass is 10.0. The summed E-state index contributed by atoms with van der Waals surface area (Å²) in [7, 11) is 0. The third kappa shape index (κ3) is 59.6. The van der Waals surface area contributed by atoms with Gasteiger partial charge in [-0.05, 0) is 89.9 Å². The van der Waals surface area contributed by atoms with Gasteiger partial charge in [-0.25, -0.2) is 0 Å². The van der Waals surface area contributed by atoms with Gasteiger partial charge in [-0.15, -0.1) is 0 Å². The van der Waals surface area contributed by atoms with Gasteiger partial charge >= 0.3 is 17.9 Å². The number of hydrogen-bond donors (Lipinski definition) is 0. The van der Waals surface area contributed by atoms with Crippen molar-refractivity contribution >= 4 is 17.9 Å². The highest BCUT2D eigenvalue weighted by molar-refractivity contribution is 5.71. The summed E-state index contributed by atoms with van der Waals surface area (Å²) >= 11 is 0. The molecule has 0 fully saturated rings. The molecule has 0 saturated carbocycles. The number of hydrogen-bond acceptors (Lipinski definition) is 6. The molecule has 0 heterocycles. The minimum absolute atomic E-state index is 0.0841. The number of unbranched alkanes of at least 4 members (excludes halogenated alkanes) is 34. The molecule has 0 aromatic rings. The summed E-state index contributed by atoms with van der Waals surface area (Å²) in [4.78, 5) is 38.2. The van der Waals surface area contributed by atoms with Crippen LogP contribution < -0.4 is 0 Å². The molecule has 0 aromatic heterocycles. The van der Waals surface area contributed by atoms with Crippen molar-refractivity contribution in [3.05, 3.63) is 72.9 Å². The van der Waals surface area contributed by atoms with Crippen molar-refractivity contribution in [2.45, 2.75) is 322 Å². The largest absolute Gasteiger partial charge is 0.462 e. The van der Waals surface area contributed by atoms with Crippen molar-refractivity contribution < 1.29 is 28.6 Å². The van der Waals surface area contributed by atoms with Crippen LogP contribution in [0.1, 0.15) is 316 Å². The average molecular weight is 1020 g/mol. The standard InChI is InChI=1S/C67H118O6/c1-4-7-10-13-16-19-22-25-26-27-28-29-30-31-32-33-34-35-36-37-38-39-40-43-45-48-51-54-57-60-66(69)72-63-64(73-67(70)61-58-55-52-49-46-42-24-21-18-15-12-9-6-3)62-71-65(68)59-56-53-50-47-44-41-23-20-17-14-11-8-5-2/h9,12,18,21-22,25,27-28,30-31,42,46,64H,4-8,10-11,13-17,19-20,23-24,26,29,32-41,43-45,47-63H2,1-3H3/b12-9-,21-18-,25-22-,28-27-,31-30-,46-42-. The average Bonchev–Trinajstić information content (AvgIpc) is 3.39. The van der Waals surface area contributed by atoms with E-state index < -0.39 is 6.10 Å². The van der Waals surface area contributed by atoms with Crippen LogP contribution in [0.3, 0.4) is 0 Å². The molecule has 0 aliphatic heterocycles. The fourth-order valence-corrected chi connectivity index (χ4v) is 9.00. The predicted molar refractivity (Wildman–Crippen MR) is 316 cm³/mol. The summed E-state index contributed by atoms with van der Waals surface area (Å²) in [5, 5.41) is 0. The molecular weight excluding hydrogens is 901 g/mol. The second-order valence-corrected chi connectivity index (χ2v) is 20.9. The Morgan fingerprint density at radius 2 is 0.534 bits per heavy atom. The molecule has 1 unspecified atom stereocenters. The highest BCUT2D eigenvalue weighted by Gasteiger charge is 2.19. The van der Waals surface area contributed by atoms with Gasteiger partial charge in [-0.1, -0.05) is 280 Å². The van der Waals surface area contributed by atoms with Gasteiger partial charge < -0.3 is 14.2 Å². The lowest BCUT2D eigenvalue weighted by Crippen LogP contribution is -2.30. The molecule has 0 aliphatic carbocycles. The van der Waals surface area contributed by atoms with E-state index in [1.807, 2.05) is 0 Å². The molecule has 6 heteroatoms. The molecule has 422 valence electrons. The van der Waals surface area contributed by atoms with Gasteiger partial charge in [-0.2, -0.15) is 0 Å². The van der Waals surface area contributed by atoms with Gasteiger partial charge in [0.1, 0.15) is 13.2 Å². The molecule has 1 atom stereocenters. The maximum Gasteiger partial charge on any atom is 0.306 e. The fraction of sp³-hybridized carbons (Fsp3) is 0.776. The maximum absolute atomic E-state index is 12.8. The number of allylic oxidation sites excluding steroid dienone is 12. The Morgan fingerprint density at radius 1 is 0.288 bits per heavy atom. The van der Waals surface area contributed by atoms with E-state index in [4.69, 9.17) is 14.2 Å². The van der Waals surface area contributed by atoms with Crippen molar-refractivity contribution in [2.75, 3.05) is 13.2 Å². The van der Waals surface area contributed by atoms with Crippen molar-refractivity contribution in [1.82, 2.24) is 0 Å². The molecule has 0 spiro atoms. The van der Waals surface area contributed by atoms with Crippen LogP contribution in [0.15, 0.2) is 72.9 Å². The molecule has 0 radical (unpaired) electrons. The van der Waals surface area contributed by atoms with Crippen LogP contribution >= 0.6 is 0 Å². The van der Waals surface area contributed by atoms with Crippen LogP contribution in [0.2, 0.25) is 0 Å². The topological polar surface area (TPSA) is 78.9 Å². The highest BCUT2D eigenvalue weighted by atomic mass is 16.6. The normalized spacial score (nSPS) is 12.5. The van der Waals surface area contributed by atoms with E-state index >= 15 is 0 Å². The number of carbonyl (C=O) groups is 3. The Balaban J connectivity index is 4.19. The molecule has 0 bridgehead atoms. The summed E-state index contributed by atoms with van der Waals surface area (Å²) in [6.07, 6.45) is 79.2. The molecule has 6 nitrogen and oxygen atoms in total.